The molecule has 0 bridgehead atoms. The number of H-pyrrole nitrogens is 1. The molecule has 1 aromatic heterocycles. The van der Waals surface area contributed by atoms with E-state index in [0.717, 1.165) is 19.4 Å². The molecule has 1 aromatic rings. The summed E-state index contributed by atoms with van der Waals surface area (Å²) in [7, 11) is 0. The van der Waals surface area contributed by atoms with Crippen molar-refractivity contribution in [2.45, 2.75) is 38.5 Å². The topological polar surface area (TPSA) is 37.9 Å². The quantitative estimate of drug-likeness (QED) is 0.707. The summed E-state index contributed by atoms with van der Waals surface area (Å²) in [5.74, 6) is 0.708. The van der Waals surface area contributed by atoms with Gasteiger partial charge in [-0.2, -0.15) is 0 Å². The van der Waals surface area contributed by atoms with Crippen LogP contribution in [0.4, 0.5) is 0 Å². The lowest BCUT2D eigenvalue weighted by Crippen LogP contribution is -1.97. The van der Waals surface area contributed by atoms with E-state index in [9.17, 15) is 0 Å². The predicted octanol–water partition coefficient (Wildman–Crippen LogP) is 2.47. The van der Waals surface area contributed by atoms with Gasteiger partial charge in [0.15, 0.2) is 0 Å². The lowest BCUT2D eigenvalue weighted by atomic mass is 10.3. The van der Waals surface area contributed by atoms with Gasteiger partial charge in [0.05, 0.1) is 12.3 Å². The van der Waals surface area contributed by atoms with Gasteiger partial charge in [-0.1, -0.05) is 13.3 Å². The van der Waals surface area contributed by atoms with E-state index in [1.54, 1.807) is 0 Å². The molecule has 1 saturated carbocycles. The summed E-state index contributed by atoms with van der Waals surface area (Å²) in [5.41, 5.74) is 1.17. The molecule has 1 heterocycles. The van der Waals surface area contributed by atoms with Crippen LogP contribution in [0.25, 0.3) is 0 Å². The third-order valence-corrected chi connectivity index (χ3v) is 2.31. The molecule has 0 saturated heterocycles. The van der Waals surface area contributed by atoms with Crippen molar-refractivity contribution in [2.24, 2.45) is 0 Å². The molecule has 0 spiro atoms. The predicted molar refractivity (Wildman–Crippen MR) is 51.0 cm³/mol. The summed E-state index contributed by atoms with van der Waals surface area (Å²) in [6.07, 6.45) is 6.81. The molecule has 1 fully saturated rings. The summed E-state index contributed by atoms with van der Waals surface area (Å²) >= 11 is 0. The van der Waals surface area contributed by atoms with E-state index in [1.165, 1.54) is 18.5 Å². The third kappa shape index (κ3) is 2.23. The summed E-state index contributed by atoms with van der Waals surface area (Å²) < 4.78 is 5.44. The highest BCUT2D eigenvalue weighted by atomic mass is 16.5. The van der Waals surface area contributed by atoms with E-state index in [0.29, 0.717) is 11.9 Å². The van der Waals surface area contributed by atoms with Crippen molar-refractivity contribution in [2.75, 3.05) is 6.61 Å². The van der Waals surface area contributed by atoms with E-state index in [2.05, 4.69) is 16.9 Å². The standard InChI is InChI=1S/C10H16N2O/c1-2-3-6-13-10-11-7-9(12-10)8-4-5-8/h7-8H,2-6H2,1H3,(H,11,12). The van der Waals surface area contributed by atoms with Gasteiger partial charge in [-0.25, -0.2) is 4.98 Å². The van der Waals surface area contributed by atoms with E-state index in [4.69, 9.17) is 4.74 Å². The molecular formula is C10H16N2O. The Hall–Kier alpha value is -0.990. The van der Waals surface area contributed by atoms with E-state index < -0.39 is 0 Å². The average Bonchev–Trinajstić information content (AvgIpc) is 2.88. The first-order valence-electron chi connectivity index (χ1n) is 5.08. The fourth-order valence-electron chi connectivity index (χ4n) is 1.29. The van der Waals surface area contributed by atoms with Gasteiger partial charge in [0.25, 0.3) is 6.01 Å². The van der Waals surface area contributed by atoms with Gasteiger partial charge < -0.3 is 9.72 Å². The summed E-state index contributed by atoms with van der Waals surface area (Å²) in [6.45, 7) is 2.93. The third-order valence-electron chi connectivity index (χ3n) is 2.31. The highest BCUT2D eigenvalue weighted by Gasteiger charge is 2.26. The molecule has 1 aliphatic carbocycles. The number of hydrogen-bond donors (Lipinski definition) is 1. The first-order chi connectivity index (χ1) is 6.40. The molecule has 3 nitrogen and oxygen atoms in total. The second-order valence-electron chi connectivity index (χ2n) is 3.61. The van der Waals surface area contributed by atoms with Crippen molar-refractivity contribution in [3.63, 3.8) is 0 Å². The van der Waals surface area contributed by atoms with Gasteiger partial charge in [0, 0.05) is 12.1 Å². The van der Waals surface area contributed by atoms with Gasteiger partial charge in [-0.15, -0.1) is 0 Å². The minimum atomic E-state index is 0.690. The van der Waals surface area contributed by atoms with Crippen LogP contribution < -0.4 is 4.74 Å². The second kappa shape index (κ2) is 3.81. The molecule has 72 valence electrons. The Morgan fingerprint density at radius 3 is 3.15 bits per heavy atom. The van der Waals surface area contributed by atoms with Crippen LogP contribution in [0, 0.1) is 0 Å². The highest BCUT2D eigenvalue weighted by Crippen LogP contribution is 2.39. The van der Waals surface area contributed by atoms with Gasteiger partial charge >= 0.3 is 0 Å². The summed E-state index contributed by atoms with van der Waals surface area (Å²) in [4.78, 5) is 7.42. The van der Waals surface area contributed by atoms with Crippen molar-refractivity contribution in [3.05, 3.63) is 11.9 Å². The van der Waals surface area contributed by atoms with Gasteiger partial charge in [0.2, 0.25) is 0 Å². The Morgan fingerprint density at radius 2 is 2.46 bits per heavy atom. The molecule has 0 aromatic carbocycles. The average molecular weight is 180 g/mol. The minimum absolute atomic E-state index is 0.690. The molecular weight excluding hydrogens is 164 g/mol. The normalized spacial score (nSPS) is 16.1. The Morgan fingerprint density at radius 1 is 1.62 bits per heavy atom. The van der Waals surface area contributed by atoms with Crippen LogP contribution in [0.1, 0.15) is 44.2 Å². The lowest BCUT2D eigenvalue weighted by Gasteiger charge is -1.98. The molecule has 0 atom stereocenters. The van der Waals surface area contributed by atoms with Gasteiger partial charge in [-0.3, -0.25) is 0 Å². The van der Waals surface area contributed by atoms with Crippen molar-refractivity contribution >= 4 is 0 Å². The van der Waals surface area contributed by atoms with Crippen LogP contribution >= 0.6 is 0 Å². The van der Waals surface area contributed by atoms with Crippen LogP contribution in [0.5, 0.6) is 6.01 Å². The van der Waals surface area contributed by atoms with Crippen LogP contribution in [-0.2, 0) is 0 Å². The number of aromatic nitrogens is 2. The molecule has 0 unspecified atom stereocenters. The molecule has 0 radical (unpaired) electrons. The van der Waals surface area contributed by atoms with Gasteiger partial charge in [0.1, 0.15) is 0 Å². The van der Waals surface area contributed by atoms with Crippen molar-refractivity contribution in [1.82, 2.24) is 9.97 Å². The lowest BCUT2D eigenvalue weighted by molar-refractivity contribution is 0.288. The fourth-order valence-corrected chi connectivity index (χ4v) is 1.29. The summed E-state index contributed by atoms with van der Waals surface area (Å²) in [5, 5.41) is 0. The van der Waals surface area contributed by atoms with E-state index >= 15 is 0 Å². The Labute approximate surface area is 78.5 Å². The Kier molecular flexibility index (Phi) is 2.52. The maximum absolute atomic E-state index is 5.44. The zero-order chi connectivity index (χ0) is 9.10. The largest absolute Gasteiger partial charge is 0.465 e. The SMILES string of the molecule is CCCCOc1nc(C2CC2)c[nH]1. The van der Waals surface area contributed by atoms with Gasteiger partial charge in [-0.05, 0) is 19.3 Å². The zero-order valence-electron chi connectivity index (χ0n) is 8.05. The van der Waals surface area contributed by atoms with Crippen molar-refractivity contribution in [1.29, 1.82) is 0 Å². The van der Waals surface area contributed by atoms with E-state index in [1.807, 2.05) is 6.20 Å². The minimum Gasteiger partial charge on any atom is -0.465 e. The number of unbranched alkanes of at least 4 members (excludes halogenated alkanes) is 1. The number of aromatic amines is 1. The number of ether oxygens (including phenoxy) is 1. The smallest absolute Gasteiger partial charge is 0.293 e. The van der Waals surface area contributed by atoms with Crippen LogP contribution in [0.15, 0.2) is 6.20 Å². The maximum atomic E-state index is 5.44. The second-order valence-corrected chi connectivity index (χ2v) is 3.61. The van der Waals surface area contributed by atoms with Crippen molar-refractivity contribution in [3.8, 4) is 6.01 Å². The van der Waals surface area contributed by atoms with Crippen molar-refractivity contribution < 1.29 is 4.74 Å². The zero-order valence-corrected chi connectivity index (χ0v) is 8.05. The number of rotatable bonds is 5. The molecule has 2 rings (SSSR count). The number of hydrogen-bond acceptors (Lipinski definition) is 2. The van der Waals surface area contributed by atoms with Crippen LogP contribution in [0.3, 0.4) is 0 Å². The van der Waals surface area contributed by atoms with Crippen LogP contribution in [-0.4, -0.2) is 16.6 Å². The molecule has 13 heavy (non-hydrogen) atoms. The molecule has 0 amide bonds. The molecule has 1 aliphatic rings. The molecule has 0 aliphatic heterocycles. The summed E-state index contributed by atoms with van der Waals surface area (Å²) in [6, 6.07) is 0.690. The number of imidazole rings is 1. The monoisotopic (exact) mass is 180 g/mol. The number of nitrogens with one attached hydrogen (secondary N) is 1. The highest BCUT2D eigenvalue weighted by molar-refractivity contribution is 5.15. The Balaban J connectivity index is 1.82. The first-order valence-corrected chi connectivity index (χ1v) is 5.08. The Bertz CT molecular complexity index is 266. The van der Waals surface area contributed by atoms with Crippen LogP contribution in [0.2, 0.25) is 0 Å². The molecule has 3 heteroatoms. The fraction of sp³-hybridized carbons (Fsp3) is 0.700. The van der Waals surface area contributed by atoms with E-state index in [-0.39, 0.29) is 0 Å². The maximum Gasteiger partial charge on any atom is 0.293 e. The molecule has 1 N–H and O–H groups in total. The number of nitrogens with zero attached hydrogens (tertiary/aromatic N) is 1. The first kappa shape index (κ1) is 8.60.